The van der Waals surface area contributed by atoms with Crippen LogP contribution in [-0.2, 0) is 6.42 Å². The molecule has 5 heteroatoms. The van der Waals surface area contributed by atoms with Crippen LogP contribution in [0.2, 0.25) is 0 Å². The molecule has 0 amide bonds. The number of likely N-dealkylation sites (N-methyl/N-ethyl adjacent to an activating group) is 1. The zero-order valence-electron chi connectivity index (χ0n) is 9.76. The fourth-order valence-electron chi connectivity index (χ4n) is 1.75. The number of nitrogen functional groups attached to an aromatic ring is 1. The molecule has 0 spiro atoms. The Hall–Kier alpha value is -1.46. The summed E-state index contributed by atoms with van der Waals surface area (Å²) in [6.45, 7) is 2.99. The van der Waals surface area contributed by atoms with Gasteiger partial charge in [0.25, 0.3) is 0 Å². The van der Waals surface area contributed by atoms with Gasteiger partial charge in [-0.1, -0.05) is 6.92 Å². The molecule has 3 N–H and O–H groups in total. The van der Waals surface area contributed by atoms with Crippen molar-refractivity contribution in [1.82, 2.24) is 15.3 Å². The number of thiazole rings is 1. The zero-order chi connectivity index (χ0) is 12.1. The highest BCUT2D eigenvalue weighted by molar-refractivity contribution is 7.07. The van der Waals surface area contributed by atoms with E-state index in [2.05, 4.69) is 27.6 Å². The number of hydrogen-bond acceptors (Lipinski definition) is 5. The van der Waals surface area contributed by atoms with Crippen LogP contribution in [0.15, 0.2) is 29.4 Å². The van der Waals surface area contributed by atoms with Gasteiger partial charge < -0.3 is 11.1 Å². The predicted octanol–water partition coefficient (Wildman–Crippen LogP) is 2.01. The Balaban J connectivity index is 2.16. The highest BCUT2D eigenvalue weighted by Crippen LogP contribution is 2.21. The van der Waals surface area contributed by atoms with Gasteiger partial charge in [0.15, 0.2) is 0 Å². The van der Waals surface area contributed by atoms with E-state index in [-0.39, 0.29) is 6.04 Å². The van der Waals surface area contributed by atoms with E-state index in [4.69, 9.17) is 5.73 Å². The van der Waals surface area contributed by atoms with Crippen molar-refractivity contribution in [3.05, 3.63) is 40.6 Å². The second kappa shape index (κ2) is 5.75. The third-order valence-corrected chi connectivity index (χ3v) is 3.23. The fourth-order valence-corrected chi connectivity index (χ4v) is 2.36. The predicted molar refractivity (Wildman–Crippen MR) is 70.9 cm³/mol. The molecule has 0 radical (unpaired) electrons. The monoisotopic (exact) mass is 248 g/mol. The van der Waals surface area contributed by atoms with Gasteiger partial charge in [0.05, 0.1) is 17.2 Å². The Kier molecular flexibility index (Phi) is 4.06. The number of hydrogen-bond donors (Lipinski definition) is 2. The second-order valence-electron chi connectivity index (χ2n) is 3.80. The minimum atomic E-state index is 0.206. The topological polar surface area (TPSA) is 63.8 Å². The lowest BCUT2D eigenvalue weighted by molar-refractivity contribution is 0.539. The van der Waals surface area contributed by atoms with Crippen molar-refractivity contribution in [2.45, 2.75) is 19.4 Å². The number of nitrogens with zero attached hydrogens (tertiary/aromatic N) is 2. The van der Waals surface area contributed by atoms with Crippen molar-refractivity contribution in [2.75, 3.05) is 12.3 Å². The molecule has 0 aliphatic heterocycles. The highest BCUT2D eigenvalue weighted by atomic mass is 32.1. The lowest BCUT2D eigenvalue weighted by Crippen LogP contribution is -2.23. The molecular weight excluding hydrogens is 232 g/mol. The van der Waals surface area contributed by atoms with Crippen LogP contribution in [0.3, 0.4) is 0 Å². The molecular formula is C12H16N4S. The van der Waals surface area contributed by atoms with Gasteiger partial charge in [0, 0.05) is 23.5 Å². The highest BCUT2D eigenvalue weighted by Gasteiger charge is 2.14. The van der Waals surface area contributed by atoms with E-state index < -0.39 is 0 Å². The minimum Gasteiger partial charge on any atom is -0.398 e. The third kappa shape index (κ3) is 3.01. The number of anilines is 1. The Labute approximate surface area is 105 Å². The van der Waals surface area contributed by atoms with E-state index in [1.165, 1.54) is 0 Å². The van der Waals surface area contributed by atoms with Crippen LogP contribution in [0.1, 0.15) is 24.2 Å². The van der Waals surface area contributed by atoms with Gasteiger partial charge in [-0.2, -0.15) is 0 Å². The first-order chi connectivity index (χ1) is 8.31. The fraction of sp³-hybridized carbons (Fsp3) is 0.333. The van der Waals surface area contributed by atoms with Crippen LogP contribution in [0, 0.1) is 0 Å². The van der Waals surface area contributed by atoms with Crippen LogP contribution in [0.25, 0.3) is 0 Å². The summed E-state index contributed by atoms with van der Waals surface area (Å²) >= 11 is 1.61. The summed E-state index contributed by atoms with van der Waals surface area (Å²) < 4.78 is 0. The van der Waals surface area contributed by atoms with E-state index in [0.717, 1.165) is 29.9 Å². The van der Waals surface area contributed by atoms with E-state index in [1.807, 2.05) is 17.8 Å². The lowest BCUT2D eigenvalue weighted by Gasteiger charge is -2.16. The summed E-state index contributed by atoms with van der Waals surface area (Å²) in [4.78, 5) is 8.47. The van der Waals surface area contributed by atoms with Gasteiger partial charge in [-0.05, 0) is 24.6 Å². The van der Waals surface area contributed by atoms with E-state index in [9.17, 15) is 0 Å². The number of nitrogens with one attached hydrogen (secondary N) is 1. The van der Waals surface area contributed by atoms with E-state index >= 15 is 0 Å². The van der Waals surface area contributed by atoms with Crippen LogP contribution in [0.4, 0.5) is 5.69 Å². The van der Waals surface area contributed by atoms with Gasteiger partial charge in [-0.3, -0.25) is 4.98 Å². The summed E-state index contributed by atoms with van der Waals surface area (Å²) in [6, 6.07) is 2.04. The Bertz CT molecular complexity index is 455. The van der Waals surface area contributed by atoms with Crippen LogP contribution in [-0.4, -0.2) is 16.5 Å². The van der Waals surface area contributed by atoms with Gasteiger partial charge in [0.1, 0.15) is 0 Å². The molecule has 2 aromatic rings. The maximum atomic E-state index is 5.93. The molecule has 2 heterocycles. The first kappa shape index (κ1) is 12.0. The molecule has 17 heavy (non-hydrogen) atoms. The van der Waals surface area contributed by atoms with Crippen molar-refractivity contribution < 1.29 is 0 Å². The largest absolute Gasteiger partial charge is 0.398 e. The molecule has 2 rings (SSSR count). The molecule has 0 saturated heterocycles. The number of rotatable bonds is 5. The third-order valence-electron chi connectivity index (χ3n) is 2.62. The van der Waals surface area contributed by atoms with Gasteiger partial charge in [-0.25, -0.2) is 4.98 Å². The van der Waals surface area contributed by atoms with Crippen molar-refractivity contribution in [3.8, 4) is 0 Å². The molecule has 1 unspecified atom stereocenters. The summed E-state index contributed by atoms with van der Waals surface area (Å²) in [5.41, 5.74) is 10.7. The van der Waals surface area contributed by atoms with Crippen molar-refractivity contribution in [2.24, 2.45) is 0 Å². The molecule has 4 nitrogen and oxygen atoms in total. The van der Waals surface area contributed by atoms with Crippen LogP contribution >= 0.6 is 11.3 Å². The van der Waals surface area contributed by atoms with Crippen molar-refractivity contribution in [3.63, 3.8) is 0 Å². The summed E-state index contributed by atoms with van der Waals surface area (Å²) in [7, 11) is 0. The molecule has 0 fully saturated rings. The van der Waals surface area contributed by atoms with E-state index in [0.29, 0.717) is 0 Å². The summed E-state index contributed by atoms with van der Waals surface area (Å²) in [5, 5.41) is 5.49. The molecule has 0 aliphatic rings. The SMILES string of the molecule is CCNC(Cc1cnccc1N)c1cscn1. The standard InChI is InChI=1S/C12H16N4S/c1-2-15-11(12-7-17-8-16-12)5-9-6-14-4-3-10(9)13/h3-4,6-8,11,15H,2,5H2,1H3,(H2,13,14). The molecule has 0 aromatic carbocycles. The van der Waals surface area contributed by atoms with Crippen molar-refractivity contribution in [1.29, 1.82) is 0 Å². The van der Waals surface area contributed by atoms with Crippen LogP contribution < -0.4 is 11.1 Å². The van der Waals surface area contributed by atoms with Crippen LogP contribution in [0.5, 0.6) is 0 Å². The Morgan fingerprint density at radius 2 is 2.41 bits per heavy atom. The Morgan fingerprint density at radius 3 is 3.06 bits per heavy atom. The number of aromatic nitrogens is 2. The van der Waals surface area contributed by atoms with Gasteiger partial charge in [0.2, 0.25) is 0 Å². The van der Waals surface area contributed by atoms with E-state index in [1.54, 1.807) is 17.5 Å². The first-order valence-corrected chi connectivity index (χ1v) is 6.55. The average Bonchev–Trinajstić information content (AvgIpc) is 2.85. The molecule has 0 saturated carbocycles. The smallest absolute Gasteiger partial charge is 0.0795 e. The maximum Gasteiger partial charge on any atom is 0.0795 e. The normalized spacial score (nSPS) is 12.5. The lowest BCUT2D eigenvalue weighted by atomic mass is 10.0. The van der Waals surface area contributed by atoms with Gasteiger partial charge >= 0.3 is 0 Å². The summed E-state index contributed by atoms with van der Waals surface area (Å²) in [6.07, 6.45) is 4.35. The molecule has 0 aliphatic carbocycles. The molecule has 0 bridgehead atoms. The average molecular weight is 248 g/mol. The number of pyridine rings is 1. The number of nitrogens with two attached hydrogens (primary N) is 1. The summed E-state index contributed by atoms with van der Waals surface area (Å²) in [5.74, 6) is 0. The maximum absolute atomic E-state index is 5.93. The molecule has 90 valence electrons. The van der Waals surface area contributed by atoms with Gasteiger partial charge in [-0.15, -0.1) is 11.3 Å². The zero-order valence-corrected chi connectivity index (χ0v) is 10.6. The molecule has 1 atom stereocenters. The quantitative estimate of drug-likeness (QED) is 0.849. The second-order valence-corrected chi connectivity index (χ2v) is 4.52. The Morgan fingerprint density at radius 1 is 1.53 bits per heavy atom. The minimum absolute atomic E-state index is 0.206. The first-order valence-electron chi connectivity index (χ1n) is 5.61. The van der Waals surface area contributed by atoms with Crippen molar-refractivity contribution >= 4 is 17.0 Å². The molecule has 2 aromatic heterocycles.